The maximum Gasteiger partial charge on any atom is 0.321 e. The minimum Gasteiger partial charge on any atom is -0.462 e. The van der Waals surface area contributed by atoms with Crippen LogP contribution in [0.2, 0.25) is 5.02 Å². The van der Waals surface area contributed by atoms with Gasteiger partial charge >= 0.3 is 5.97 Å². The highest BCUT2D eigenvalue weighted by Gasteiger charge is 2.16. The van der Waals surface area contributed by atoms with Crippen LogP contribution in [0.1, 0.15) is 13.8 Å². The summed E-state index contributed by atoms with van der Waals surface area (Å²) < 4.78 is 30.5. The van der Waals surface area contributed by atoms with Crippen LogP contribution in [0.4, 0.5) is 0 Å². The number of rotatable bonds is 5. The van der Waals surface area contributed by atoms with Crippen LogP contribution in [-0.2, 0) is 19.6 Å². The van der Waals surface area contributed by atoms with E-state index in [9.17, 15) is 13.2 Å². The molecule has 0 heterocycles. The number of carbonyl (C=O) groups excluding carboxylic acids is 1. The third kappa shape index (κ3) is 4.64. The average molecular weight is 292 g/mol. The molecule has 0 aromatic heterocycles. The molecule has 5 nitrogen and oxygen atoms in total. The van der Waals surface area contributed by atoms with Crippen LogP contribution in [0.15, 0.2) is 29.2 Å². The highest BCUT2D eigenvalue weighted by Crippen LogP contribution is 2.13. The van der Waals surface area contributed by atoms with Crippen LogP contribution in [0, 0.1) is 0 Å². The number of ether oxygens (including phenoxy) is 1. The number of benzene rings is 1. The van der Waals surface area contributed by atoms with Crippen molar-refractivity contribution >= 4 is 27.6 Å². The fourth-order valence-electron chi connectivity index (χ4n) is 1.16. The van der Waals surface area contributed by atoms with Crippen molar-refractivity contribution in [1.29, 1.82) is 0 Å². The summed E-state index contributed by atoms with van der Waals surface area (Å²) in [6.45, 7) is 2.97. The van der Waals surface area contributed by atoms with E-state index in [0.717, 1.165) is 0 Å². The van der Waals surface area contributed by atoms with Gasteiger partial charge in [-0.3, -0.25) is 4.79 Å². The number of esters is 1. The Morgan fingerprint density at radius 1 is 1.33 bits per heavy atom. The predicted molar refractivity (Wildman–Crippen MR) is 67.9 cm³/mol. The Kier molecular flexibility index (Phi) is 5.13. The van der Waals surface area contributed by atoms with E-state index < -0.39 is 22.5 Å². The second kappa shape index (κ2) is 6.17. The van der Waals surface area contributed by atoms with Gasteiger partial charge in [-0.15, -0.1) is 0 Å². The minimum atomic E-state index is -3.72. The second-order valence-electron chi connectivity index (χ2n) is 3.82. The lowest BCUT2D eigenvalue weighted by molar-refractivity contribution is -0.145. The van der Waals surface area contributed by atoms with Crippen molar-refractivity contribution < 1.29 is 17.9 Å². The zero-order chi connectivity index (χ0) is 13.8. The first-order valence-electron chi connectivity index (χ1n) is 5.26. The lowest BCUT2D eigenvalue weighted by Crippen LogP contribution is -2.31. The Bertz CT molecular complexity index is 510. The SMILES string of the molecule is CC(C)OC(=O)CNS(=O)(=O)c1ccc(Cl)cc1. The minimum absolute atomic E-state index is 0.0456. The van der Waals surface area contributed by atoms with Gasteiger partial charge in [0.05, 0.1) is 11.0 Å². The van der Waals surface area contributed by atoms with Gasteiger partial charge in [0, 0.05) is 5.02 Å². The molecule has 1 aromatic rings. The maximum absolute atomic E-state index is 11.8. The Balaban J connectivity index is 2.66. The predicted octanol–water partition coefficient (Wildman–Crippen LogP) is 1.57. The molecule has 0 spiro atoms. The molecule has 7 heteroatoms. The molecule has 0 amide bonds. The van der Waals surface area contributed by atoms with E-state index in [4.69, 9.17) is 16.3 Å². The van der Waals surface area contributed by atoms with Crippen LogP contribution >= 0.6 is 11.6 Å². The third-order valence-corrected chi connectivity index (χ3v) is 3.57. The molecule has 0 aliphatic heterocycles. The van der Waals surface area contributed by atoms with Crippen LogP contribution in [0.5, 0.6) is 0 Å². The molecule has 1 aromatic carbocycles. The molecule has 100 valence electrons. The van der Waals surface area contributed by atoms with E-state index in [0.29, 0.717) is 5.02 Å². The van der Waals surface area contributed by atoms with Gasteiger partial charge in [-0.25, -0.2) is 8.42 Å². The largest absolute Gasteiger partial charge is 0.462 e. The Morgan fingerprint density at radius 2 is 1.89 bits per heavy atom. The first kappa shape index (κ1) is 14.9. The van der Waals surface area contributed by atoms with Crippen molar-refractivity contribution in [2.75, 3.05) is 6.54 Å². The first-order chi connectivity index (χ1) is 8.31. The van der Waals surface area contributed by atoms with E-state index in [-0.39, 0.29) is 11.0 Å². The fraction of sp³-hybridized carbons (Fsp3) is 0.364. The molecule has 0 saturated carbocycles. The summed E-state index contributed by atoms with van der Waals surface area (Å²) >= 11 is 5.66. The van der Waals surface area contributed by atoms with Gasteiger partial charge in [0.15, 0.2) is 0 Å². The maximum atomic E-state index is 11.8. The molecule has 0 aliphatic carbocycles. The van der Waals surface area contributed by atoms with Gasteiger partial charge in [0.1, 0.15) is 6.54 Å². The number of hydrogen-bond donors (Lipinski definition) is 1. The van der Waals surface area contributed by atoms with E-state index in [1.54, 1.807) is 13.8 Å². The summed E-state index contributed by atoms with van der Waals surface area (Å²) in [5.74, 6) is -0.623. The lowest BCUT2D eigenvalue weighted by Gasteiger charge is -2.09. The number of nitrogens with one attached hydrogen (secondary N) is 1. The molecule has 1 N–H and O–H groups in total. The zero-order valence-corrected chi connectivity index (χ0v) is 11.6. The number of carbonyl (C=O) groups is 1. The smallest absolute Gasteiger partial charge is 0.321 e. The van der Waals surface area contributed by atoms with Crippen LogP contribution in [-0.4, -0.2) is 27.0 Å². The summed E-state index contributed by atoms with van der Waals surface area (Å²) in [5, 5.41) is 0.438. The number of sulfonamides is 1. The summed E-state index contributed by atoms with van der Waals surface area (Å²) in [7, 11) is -3.72. The Morgan fingerprint density at radius 3 is 2.39 bits per heavy atom. The highest BCUT2D eigenvalue weighted by atomic mass is 35.5. The average Bonchev–Trinajstić information content (AvgIpc) is 2.26. The van der Waals surface area contributed by atoms with Crippen molar-refractivity contribution in [2.24, 2.45) is 0 Å². The molecule has 0 fully saturated rings. The van der Waals surface area contributed by atoms with Gasteiger partial charge in [0.25, 0.3) is 0 Å². The monoisotopic (exact) mass is 291 g/mol. The second-order valence-corrected chi connectivity index (χ2v) is 6.02. The standard InChI is InChI=1S/C11H14ClNO4S/c1-8(2)17-11(14)7-13-18(15,16)10-5-3-9(12)4-6-10/h3-6,8,13H,7H2,1-2H3. The summed E-state index contributed by atoms with van der Waals surface area (Å²) in [6, 6.07) is 5.64. The van der Waals surface area contributed by atoms with Gasteiger partial charge < -0.3 is 4.74 Å². The highest BCUT2D eigenvalue weighted by molar-refractivity contribution is 7.89. The lowest BCUT2D eigenvalue weighted by atomic mass is 10.4. The Labute approximate surface area is 111 Å². The third-order valence-electron chi connectivity index (χ3n) is 1.90. The normalized spacial score (nSPS) is 11.6. The fourth-order valence-corrected chi connectivity index (χ4v) is 2.25. The summed E-state index contributed by atoms with van der Waals surface area (Å²) in [4.78, 5) is 11.3. The van der Waals surface area contributed by atoms with E-state index in [1.807, 2.05) is 0 Å². The van der Waals surface area contributed by atoms with Gasteiger partial charge in [-0.2, -0.15) is 4.72 Å². The topological polar surface area (TPSA) is 72.5 Å². The number of halogens is 1. The van der Waals surface area contributed by atoms with Gasteiger partial charge in [-0.1, -0.05) is 11.6 Å². The van der Waals surface area contributed by atoms with Crippen LogP contribution < -0.4 is 4.72 Å². The van der Waals surface area contributed by atoms with E-state index >= 15 is 0 Å². The first-order valence-corrected chi connectivity index (χ1v) is 7.12. The quantitative estimate of drug-likeness (QED) is 0.836. The van der Waals surface area contributed by atoms with Gasteiger partial charge in [0.2, 0.25) is 10.0 Å². The van der Waals surface area contributed by atoms with Crippen molar-refractivity contribution in [3.8, 4) is 0 Å². The number of hydrogen-bond acceptors (Lipinski definition) is 4. The van der Waals surface area contributed by atoms with Crippen LogP contribution in [0.3, 0.4) is 0 Å². The molecule has 0 atom stereocenters. The van der Waals surface area contributed by atoms with Crippen molar-refractivity contribution in [3.63, 3.8) is 0 Å². The van der Waals surface area contributed by atoms with Gasteiger partial charge in [-0.05, 0) is 38.1 Å². The molecule has 18 heavy (non-hydrogen) atoms. The molecule has 0 aliphatic rings. The molecule has 0 bridgehead atoms. The molecule has 0 radical (unpaired) electrons. The molecule has 1 rings (SSSR count). The van der Waals surface area contributed by atoms with Crippen molar-refractivity contribution in [2.45, 2.75) is 24.8 Å². The van der Waals surface area contributed by atoms with E-state index in [1.165, 1.54) is 24.3 Å². The van der Waals surface area contributed by atoms with Crippen LogP contribution in [0.25, 0.3) is 0 Å². The zero-order valence-electron chi connectivity index (χ0n) is 10.0. The molecular weight excluding hydrogens is 278 g/mol. The molecule has 0 unspecified atom stereocenters. The van der Waals surface area contributed by atoms with Crippen molar-refractivity contribution in [1.82, 2.24) is 4.72 Å². The molecule has 0 saturated heterocycles. The van der Waals surface area contributed by atoms with Crippen molar-refractivity contribution in [3.05, 3.63) is 29.3 Å². The van der Waals surface area contributed by atoms with E-state index in [2.05, 4.69) is 4.72 Å². The summed E-state index contributed by atoms with van der Waals surface area (Å²) in [5.41, 5.74) is 0. The molecular formula is C11H14ClNO4S. The Hall–Kier alpha value is -1.11. The summed E-state index contributed by atoms with van der Waals surface area (Å²) in [6.07, 6.45) is -0.280.